The monoisotopic (exact) mass is 302 g/mol. The first-order chi connectivity index (χ1) is 9.99. The number of rotatable bonds is 7. The number of hydrogen-bond donors (Lipinski definition) is 1. The first-order valence-electron chi connectivity index (χ1n) is 7.10. The van der Waals surface area contributed by atoms with Crippen LogP contribution in [0.5, 0.6) is 0 Å². The van der Waals surface area contributed by atoms with Crippen LogP contribution < -0.4 is 5.73 Å². The molecule has 0 aromatic heterocycles. The van der Waals surface area contributed by atoms with Crippen LogP contribution in [0.3, 0.4) is 0 Å². The summed E-state index contributed by atoms with van der Waals surface area (Å²) in [7, 11) is 1.59. The Morgan fingerprint density at radius 1 is 1.33 bits per heavy atom. The maximum atomic E-state index is 13.2. The van der Waals surface area contributed by atoms with Gasteiger partial charge in [0.2, 0.25) is 0 Å². The fourth-order valence-electron chi connectivity index (χ4n) is 2.68. The fraction of sp³-hybridized carbons (Fsp3) is 0.600. The molecule has 0 amide bonds. The average Bonchev–Trinajstić information content (AvgIpc) is 3.27. The average molecular weight is 302 g/mol. The van der Waals surface area contributed by atoms with E-state index in [1.807, 2.05) is 4.90 Å². The van der Waals surface area contributed by atoms with Crippen molar-refractivity contribution >= 4 is 0 Å². The quantitative estimate of drug-likeness (QED) is 0.842. The summed E-state index contributed by atoms with van der Waals surface area (Å²) in [6, 6.07) is 5.59. The van der Waals surface area contributed by atoms with Gasteiger partial charge in [-0.2, -0.15) is 13.2 Å². The Labute approximate surface area is 122 Å². The lowest BCUT2D eigenvalue weighted by molar-refractivity contribution is -0.138. The molecule has 6 heteroatoms. The third-order valence-corrected chi connectivity index (χ3v) is 3.82. The standard InChI is InChI=1S/C15H21F3N2O/c1-21-9-8-20(11-6-7-11)14(10-19)12-4-2-3-5-13(12)15(16,17)18/h2-5,11,14H,6-10,19H2,1H3. The van der Waals surface area contributed by atoms with Crippen LogP contribution in [0.2, 0.25) is 0 Å². The minimum atomic E-state index is -4.36. The molecule has 21 heavy (non-hydrogen) atoms. The largest absolute Gasteiger partial charge is 0.416 e. The van der Waals surface area contributed by atoms with Crippen molar-refractivity contribution in [2.75, 3.05) is 26.8 Å². The van der Waals surface area contributed by atoms with Crippen LogP contribution in [-0.4, -0.2) is 37.7 Å². The van der Waals surface area contributed by atoms with Gasteiger partial charge < -0.3 is 10.5 Å². The molecule has 2 N–H and O–H groups in total. The van der Waals surface area contributed by atoms with Crippen molar-refractivity contribution in [3.8, 4) is 0 Å². The lowest BCUT2D eigenvalue weighted by atomic mass is 9.98. The Morgan fingerprint density at radius 2 is 2.00 bits per heavy atom. The Hall–Kier alpha value is -1.11. The number of ether oxygens (including phenoxy) is 1. The maximum Gasteiger partial charge on any atom is 0.416 e. The van der Waals surface area contributed by atoms with Gasteiger partial charge in [-0.3, -0.25) is 4.90 Å². The van der Waals surface area contributed by atoms with E-state index in [1.165, 1.54) is 12.1 Å². The van der Waals surface area contributed by atoms with Gasteiger partial charge in [-0.05, 0) is 24.5 Å². The highest BCUT2D eigenvalue weighted by molar-refractivity contribution is 5.33. The molecule has 1 unspecified atom stereocenters. The van der Waals surface area contributed by atoms with E-state index in [-0.39, 0.29) is 12.1 Å². The normalized spacial score (nSPS) is 17.2. The second-order valence-electron chi connectivity index (χ2n) is 5.30. The van der Waals surface area contributed by atoms with E-state index < -0.39 is 17.8 Å². The predicted octanol–water partition coefficient (Wildman–Crippen LogP) is 2.82. The molecule has 1 saturated carbocycles. The summed E-state index contributed by atoms with van der Waals surface area (Å²) >= 11 is 0. The number of benzene rings is 1. The highest BCUT2D eigenvalue weighted by Crippen LogP contribution is 2.39. The summed E-state index contributed by atoms with van der Waals surface area (Å²) in [6.45, 7) is 1.24. The topological polar surface area (TPSA) is 38.5 Å². The molecular weight excluding hydrogens is 281 g/mol. The second kappa shape index (κ2) is 6.77. The number of nitrogens with zero attached hydrogens (tertiary/aromatic N) is 1. The van der Waals surface area contributed by atoms with E-state index >= 15 is 0 Å². The summed E-state index contributed by atoms with van der Waals surface area (Å²) in [4.78, 5) is 2.05. The SMILES string of the molecule is COCCN(C1CC1)C(CN)c1ccccc1C(F)(F)F. The maximum absolute atomic E-state index is 13.2. The Morgan fingerprint density at radius 3 is 2.52 bits per heavy atom. The van der Waals surface area contributed by atoms with Gasteiger partial charge in [-0.1, -0.05) is 18.2 Å². The van der Waals surface area contributed by atoms with Gasteiger partial charge in [0.1, 0.15) is 0 Å². The van der Waals surface area contributed by atoms with Crippen molar-refractivity contribution in [2.45, 2.75) is 31.1 Å². The van der Waals surface area contributed by atoms with E-state index in [0.717, 1.165) is 18.9 Å². The van der Waals surface area contributed by atoms with E-state index in [0.29, 0.717) is 19.2 Å². The molecule has 0 heterocycles. The van der Waals surface area contributed by atoms with E-state index in [1.54, 1.807) is 13.2 Å². The third kappa shape index (κ3) is 3.96. The lowest BCUT2D eigenvalue weighted by Crippen LogP contribution is -2.38. The highest BCUT2D eigenvalue weighted by atomic mass is 19.4. The zero-order valence-corrected chi connectivity index (χ0v) is 12.1. The molecule has 1 aromatic carbocycles. The zero-order valence-electron chi connectivity index (χ0n) is 12.1. The zero-order chi connectivity index (χ0) is 15.5. The predicted molar refractivity (Wildman–Crippen MR) is 74.8 cm³/mol. The van der Waals surface area contributed by atoms with Gasteiger partial charge >= 0.3 is 6.18 Å². The molecule has 1 aliphatic carbocycles. The van der Waals surface area contributed by atoms with E-state index in [9.17, 15) is 13.2 Å². The van der Waals surface area contributed by atoms with Crippen molar-refractivity contribution in [3.05, 3.63) is 35.4 Å². The summed E-state index contributed by atoms with van der Waals surface area (Å²) in [5.74, 6) is 0. The van der Waals surface area contributed by atoms with Gasteiger partial charge in [0.05, 0.1) is 12.2 Å². The Balaban J connectivity index is 2.31. The minimum Gasteiger partial charge on any atom is -0.383 e. The molecule has 0 bridgehead atoms. The molecule has 1 fully saturated rings. The summed E-state index contributed by atoms with van der Waals surface area (Å²) in [5, 5.41) is 0. The number of alkyl halides is 3. The van der Waals surface area contributed by atoms with Crippen molar-refractivity contribution < 1.29 is 17.9 Å². The molecule has 1 aliphatic rings. The number of nitrogens with two attached hydrogens (primary N) is 1. The van der Waals surface area contributed by atoms with Gasteiger partial charge in [-0.25, -0.2) is 0 Å². The molecule has 0 radical (unpaired) electrons. The molecule has 0 spiro atoms. The highest BCUT2D eigenvalue weighted by Gasteiger charge is 2.39. The van der Waals surface area contributed by atoms with Crippen molar-refractivity contribution in [3.63, 3.8) is 0 Å². The summed E-state index contributed by atoms with van der Waals surface area (Å²) in [6.07, 6.45) is -2.34. The first-order valence-corrected chi connectivity index (χ1v) is 7.10. The molecule has 2 rings (SSSR count). The number of halogens is 3. The fourth-order valence-corrected chi connectivity index (χ4v) is 2.68. The van der Waals surface area contributed by atoms with Crippen LogP contribution in [0.1, 0.15) is 30.0 Å². The van der Waals surface area contributed by atoms with Crippen molar-refractivity contribution in [1.29, 1.82) is 0 Å². The van der Waals surface area contributed by atoms with Crippen LogP contribution in [0.15, 0.2) is 24.3 Å². The molecular formula is C15H21F3N2O. The van der Waals surface area contributed by atoms with Gasteiger partial charge in [0, 0.05) is 32.3 Å². The Bertz CT molecular complexity index is 460. The first kappa shape index (κ1) is 16.3. The smallest absolute Gasteiger partial charge is 0.383 e. The molecule has 1 atom stereocenters. The second-order valence-corrected chi connectivity index (χ2v) is 5.30. The van der Waals surface area contributed by atoms with Gasteiger partial charge in [0.25, 0.3) is 0 Å². The number of hydrogen-bond acceptors (Lipinski definition) is 3. The number of methoxy groups -OCH3 is 1. The lowest BCUT2D eigenvalue weighted by Gasteiger charge is -2.32. The molecule has 1 aromatic rings. The van der Waals surface area contributed by atoms with E-state index in [4.69, 9.17) is 10.5 Å². The van der Waals surface area contributed by atoms with Crippen LogP contribution >= 0.6 is 0 Å². The van der Waals surface area contributed by atoms with Crippen LogP contribution in [0.4, 0.5) is 13.2 Å². The van der Waals surface area contributed by atoms with Gasteiger partial charge in [-0.15, -0.1) is 0 Å². The third-order valence-electron chi connectivity index (χ3n) is 3.82. The molecule has 3 nitrogen and oxygen atoms in total. The molecule has 118 valence electrons. The van der Waals surface area contributed by atoms with E-state index in [2.05, 4.69) is 0 Å². The van der Waals surface area contributed by atoms with Crippen molar-refractivity contribution in [1.82, 2.24) is 4.90 Å². The molecule has 0 aliphatic heterocycles. The van der Waals surface area contributed by atoms with Crippen LogP contribution in [0, 0.1) is 0 Å². The summed E-state index contributed by atoms with van der Waals surface area (Å²) < 4.78 is 44.7. The van der Waals surface area contributed by atoms with Gasteiger partial charge in [0.15, 0.2) is 0 Å². The summed E-state index contributed by atoms with van der Waals surface area (Å²) in [5.41, 5.74) is 5.47. The van der Waals surface area contributed by atoms with Crippen molar-refractivity contribution in [2.24, 2.45) is 5.73 Å². The van der Waals surface area contributed by atoms with Crippen LogP contribution in [-0.2, 0) is 10.9 Å². The Kier molecular flexibility index (Phi) is 5.24. The van der Waals surface area contributed by atoms with Crippen LogP contribution in [0.25, 0.3) is 0 Å². The minimum absolute atomic E-state index is 0.160. The molecule has 0 saturated heterocycles.